The van der Waals surface area contributed by atoms with Crippen molar-refractivity contribution in [2.45, 2.75) is 25.3 Å². The molecule has 0 heterocycles. The van der Waals surface area contributed by atoms with Crippen molar-refractivity contribution in [2.24, 2.45) is 5.92 Å². The molecule has 0 radical (unpaired) electrons. The van der Waals surface area contributed by atoms with E-state index in [4.69, 9.17) is 4.74 Å². The zero-order chi connectivity index (χ0) is 11.2. The summed E-state index contributed by atoms with van der Waals surface area (Å²) in [5.74, 6) is 0.992. The molecule has 1 saturated carbocycles. The van der Waals surface area contributed by atoms with Gasteiger partial charge >= 0.3 is 0 Å². The van der Waals surface area contributed by atoms with Crippen molar-refractivity contribution >= 4 is 0 Å². The molecule has 0 bridgehead atoms. The van der Waals surface area contributed by atoms with Crippen molar-refractivity contribution in [3.63, 3.8) is 0 Å². The summed E-state index contributed by atoms with van der Waals surface area (Å²) in [6.07, 6.45) is 4.18. The van der Waals surface area contributed by atoms with E-state index in [1.165, 1.54) is 24.8 Å². The third-order valence-electron chi connectivity index (χ3n) is 3.18. The first-order valence-corrected chi connectivity index (χ1v) is 6.17. The Hall–Kier alpha value is -0.860. The Morgan fingerprint density at radius 3 is 2.69 bits per heavy atom. The Balaban J connectivity index is 1.83. The van der Waals surface area contributed by atoms with E-state index < -0.39 is 0 Å². The summed E-state index contributed by atoms with van der Waals surface area (Å²) in [6.45, 7) is 1.85. The highest BCUT2D eigenvalue weighted by Crippen LogP contribution is 2.31. The van der Waals surface area contributed by atoms with Crippen LogP contribution in [0.1, 0.15) is 30.9 Å². The lowest BCUT2D eigenvalue weighted by Gasteiger charge is -2.18. The third kappa shape index (κ3) is 3.62. The van der Waals surface area contributed by atoms with Gasteiger partial charge in [-0.2, -0.15) is 0 Å². The van der Waals surface area contributed by atoms with Crippen LogP contribution in [-0.2, 0) is 4.74 Å². The summed E-state index contributed by atoms with van der Waals surface area (Å²) in [5, 5.41) is 3.58. The SMILES string of the molecule is COCC(NCCC1CC1)c1ccccc1. The lowest BCUT2D eigenvalue weighted by molar-refractivity contribution is 0.166. The maximum Gasteiger partial charge on any atom is 0.0657 e. The minimum Gasteiger partial charge on any atom is -0.383 e. The normalized spacial score (nSPS) is 17.3. The monoisotopic (exact) mass is 219 g/mol. The van der Waals surface area contributed by atoms with Gasteiger partial charge in [-0.1, -0.05) is 43.2 Å². The van der Waals surface area contributed by atoms with E-state index in [0.717, 1.165) is 19.1 Å². The van der Waals surface area contributed by atoms with Crippen molar-refractivity contribution in [1.29, 1.82) is 0 Å². The van der Waals surface area contributed by atoms with Crippen molar-refractivity contribution in [3.8, 4) is 0 Å². The van der Waals surface area contributed by atoms with Crippen LogP contribution >= 0.6 is 0 Å². The molecule has 1 aromatic carbocycles. The Kier molecular flexibility index (Phi) is 4.37. The fraction of sp³-hybridized carbons (Fsp3) is 0.571. The minimum atomic E-state index is 0.338. The van der Waals surface area contributed by atoms with E-state index in [1.54, 1.807) is 7.11 Å². The number of benzene rings is 1. The molecular formula is C14H21NO. The highest BCUT2D eigenvalue weighted by Gasteiger charge is 2.21. The smallest absolute Gasteiger partial charge is 0.0657 e. The van der Waals surface area contributed by atoms with Gasteiger partial charge in [-0.25, -0.2) is 0 Å². The van der Waals surface area contributed by atoms with Gasteiger partial charge in [0.1, 0.15) is 0 Å². The van der Waals surface area contributed by atoms with Crippen LogP contribution < -0.4 is 5.32 Å². The Bertz CT molecular complexity index is 295. The molecule has 1 aromatic rings. The summed E-state index contributed by atoms with van der Waals surface area (Å²) >= 11 is 0. The number of hydrogen-bond acceptors (Lipinski definition) is 2. The third-order valence-corrected chi connectivity index (χ3v) is 3.18. The summed E-state index contributed by atoms with van der Waals surface area (Å²) in [4.78, 5) is 0. The molecule has 0 saturated heterocycles. The summed E-state index contributed by atoms with van der Waals surface area (Å²) in [5.41, 5.74) is 1.32. The topological polar surface area (TPSA) is 21.3 Å². The molecule has 0 aliphatic heterocycles. The van der Waals surface area contributed by atoms with Crippen LogP contribution in [-0.4, -0.2) is 20.3 Å². The molecule has 1 unspecified atom stereocenters. The predicted octanol–water partition coefficient (Wildman–Crippen LogP) is 2.76. The van der Waals surface area contributed by atoms with Crippen molar-refractivity contribution < 1.29 is 4.74 Å². The van der Waals surface area contributed by atoms with Gasteiger partial charge in [0.25, 0.3) is 0 Å². The molecule has 1 aliphatic rings. The summed E-state index contributed by atoms with van der Waals surface area (Å²) in [6, 6.07) is 10.9. The molecule has 16 heavy (non-hydrogen) atoms. The van der Waals surface area contributed by atoms with E-state index in [0.29, 0.717) is 6.04 Å². The minimum absolute atomic E-state index is 0.338. The van der Waals surface area contributed by atoms with Gasteiger partial charge in [0.2, 0.25) is 0 Å². The fourth-order valence-electron chi connectivity index (χ4n) is 1.99. The Morgan fingerprint density at radius 2 is 2.06 bits per heavy atom. The van der Waals surface area contributed by atoms with Crippen LogP contribution in [0.4, 0.5) is 0 Å². The second-order valence-electron chi connectivity index (χ2n) is 4.60. The van der Waals surface area contributed by atoms with Crippen LogP contribution in [0.3, 0.4) is 0 Å². The zero-order valence-corrected chi connectivity index (χ0v) is 9.99. The molecule has 1 aliphatic carbocycles. The van der Waals surface area contributed by atoms with Gasteiger partial charge in [-0.05, 0) is 24.4 Å². The number of rotatable bonds is 7. The first kappa shape index (κ1) is 11.6. The van der Waals surface area contributed by atoms with Gasteiger partial charge in [0, 0.05) is 7.11 Å². The van der Waals surface area contributed by atoms with E-state index in [9.17, 15) is 0 Å². The van der Waals surface area contributed by atoms with Gasteiger partial charge in [-0.15, -0.1) is 0 Å². The largest absolute Gasteiger partial charge is 0.383 e. The van der Waals surface area contributed by atoms with Crippen LogP contribution in [0.25, 0.3) is 0 Å². The molecule has 1 atom stereocenters. The van der Waals surface area contributed by atoms with E-state index in [2.05, 4.69) is 35.6 Å². The van der Waals surface area contributed by atoms with Gasteiger partial charge in [0.05, 0.1) is 12.6 Å². The van der Waals surface area contributed by atoms with E-state index in [1.807, 2.05) is 0 Å². The number of nitrogens with one attached hydrogen (secondary N) is 1. The highest BCUT2D eigenvalue weighted by atomic mass is 16.5. The molecule has 88 valence electrons. The molecule has 0 aromatic heterocycles. The van der Waals surface area contributed by atoms with E-state index in [-0.39, 0.29) is 0 Å². The summed E-state index contributed by atoms with van der Waals surface area (Å²) in [7, 11) is 1.76. The molecule has 1 N–H and O–H groups in total. The van der Waals surface area contributed by atoms with Crippen LogP contribution in [0.15, 0.2) is 30.3 Å². The van der Waals surface area contributed by atoms with Crippen LogP contribution in [0.5, 0.6) is 0 Å². The predicted molar refractivity (Wildman–Crippen MR) is 66.4 cm³/mol. The van der Waals surface area contributed by atoms with E-state index >= 15 is 0 Å². The lowest BCUT2D eigenvalue weighted by Crippen LogP contribution is -2.26. The fourth-order valence-corrected chi connectivity index (χ4v) is 1.99. The maximum absolute atomic E-state index is 5.27. The van der Waals surface area contributed by atoms with Gasteiger partial charge in [0.15, 0.2) is 0 Å². The van der Waals surface area contributed by atoms with Crippen LogP contribution in [0.2, 0.25) is 0 Å². The average molecular weight is 219 g/mol. The van der Waals surface area contributed by atoms with Crippen molar-refractivity contribution in [2.75, 3.05) is 20.3 Å². The average Bonchev–Trinajstić information content (AvgIpc) is 3.13. The first-order valence-electron chi connectivity index (χ1n) is 6.17. The molecule has 2 nitrogen and oxygen atoms in total. The summed E-state index contributed by atoms with van der Waals surface area (Å²) < 4.78 is 5.27. The molecular weight excluding hydrogens is 198 g/mol. The molecule has 0 amide bonds. The maximum atomic E-state index is 5.27. The van der Waals surface area contributed by atoms with Crippen molar-refractivity contribution in [3.05, 3.63) is 35.9 Å². The standard InChI is InChI=1S/C14H21NO/c1-16-11-14(13-5-3-2-4-6-13)15-10-9-12-7-8-12/h2-6,12,14-15H,7-11H2,1H3. The molecule has 2 heteroatoms. The Morgan fingerprint density at radius 1 is 1.31 bits per heavy atom. The second kappa shape index (κ2) is 6.02. The van der Waals surface area contributed by atoms with Crippen LogP contribution in [0, 0.1) is 5.92 Å². The lowest BCUT2D eigenvalue weighted by atomic mass is 10.1. The quantitative estimate of drug-likeness (QED) is 0.761. The van der Waals surface area contributed by atoms with Gasteiger partial charge in [-0.3, -0.25) is 0 Å². The molecule has 0 spiro atoms. The number of methoxy groups -OCH3 is 1. The molecule has 2 rings (SSSR count). The zero-order valence-electron chi connectivity index (χ0n) is 9.99. The Labute approximate surface area is 98.0 Å². The van der Waals surface area contributed by atoms with Gasteiger partial charge < -0.3 is 10.1 Å². The second-order valence-corrected chi connectivity index (χ2v) is 4.60. The highest BCUT2D eigenvalue weighted by molar-refractivity contribution is 5.18. The van der Waals surface area contributed by atoms with Crippen molar-refractivity contribution in [1.82, 2.24) is 5.32 Å². The number of ether oxygens (including phenoxy) is 1. The number of hydrogen-bond donors (Lipinski definition) is 1. The first-order chi connectivity index (χ1) is 7.90. The molecule has 1 fully saturated rings.